The van der Waals surface area contributed by atoms with Gasteiger partial charge in [-0.3, -0.25) is 0 Å². The van der Waals surface area contributed by atoms with E-state index in [1.54, 1.807) is 6.07 Å². The van der Waals surface area contributed by atoms with Crippen LogP contribution in [0.15, 0.2) is 18.2 Å². The van der Waals surface area contributed by atoms with E-state index in [-0.39, 0.29) is 17.2 Å². The maximum absolute atomic E-state index is 12.0. The first-order chi connectivity index (χ1) is 7.04. The zero-order chi connectivity index (χ0) is 11.4. The van der Waals surface area contributed by atoms with Gasteiger partial charge < -0.3 is 4.74 Å². The van der Waals surface area contributed by atoms with Crippen molar-refractivity contribution in [1.82, 2.24) is 0 Å². The van der Waals surface area contributed by atoms with Crippen molar-refractivity contribution in [1.29, 1.82) is 5.26 Å². The number of halogens is 2. The van der Waals surface area contributed by atoms with E-state index >= 15 is 0 Å². The van der Waals surface area contributed by atoms with E-state index in [1.807, 2.05) is 19.9 Å². The zero-order valence-corrected chi connectivity index (χ0v) is 8.50. The molecule has 0 bridgehead atoms. The van der Waals surface area contributed by atoms with Crippen LogP contribution < -0.4 is 4.74 Å². The van der Waals surface area contributed by atoms with Gasteiger partial charge in [-0.05, 0) is 23.6 Å². The minimum atomic E-state index is -2.90. The number of hydrogen-bond acceptors (Lipinski definition) is 2. The largest absolute Gasteiger partial charge is 0.433 e. The lowest BCUT2D eigenvalue weighted by molar-refractivity contribution is -0.0500. The molecule has 0 saturated carbocycles. The van der Waals surface area contributed by atoms with E-state index in [0.717, 1.165) is 5.56 Å². The monoisotopic (exact) mass is 211 g/mol. The zero-order valence-electron chi connectivity index (χ0n) is 8.50. The second-order valence-electron chi connectivity index (χ2n) is 3.40. The van der Waals surface area contributed by atoms with Crippen LogP contribution >= 0.6 is 0 Å². The third kappa shape index (κ3) is 2.91. The molecule has 0 amide bonds. The maximum atomic E-state index is 12.0. The van der Waals surface area contributed by atoms with Crippen LogP contribution in [-0.4, -0.2) is 6.61 Å². The number of rotatable bonds is 3. The van der Waals surface area contributed by atoms with Gasteiger partial charge in [0.1, 0.15) is 11.8 Å². The maximum Gasteiger partial charge on any atom is 0.387 e. The van der Waals surface area contributed by atoms with E-state index in [2.05, 4.69) is 4.74 Å². The Balaban J connectivity index is 3.09. The molecule has 0 spiro atoms. The number of hydrogen-bond donors (Lipinski definition) is 0. The van der Waals surface area contributed by atoms with Crippen LogP contribution in [0, 0.1) is 11.3 Å². The molecule has 1 aromatic rings. The van der Waals surface area contributed by atoms with Crippen LogP contribution in [0.5, 0.6) is 5.75 Å². The highest BCUT2D eigenvalue weighted by Crippen LogP contribution is 2.25. The van der Waals surface area contributed by atoms with Crippen LogP contribution in [-0.2, 0) is 0 Å². The molecule has 0 N–H and O–H groups in total. The number of ether oxygens (including phenoxy) is 1. The van der Waals surface area contributed by atoms with Gasteiger partial charge in [-0.15, -0.1) is 0 Å². The lowest BCUT2D eigenvalue weighted by Gasteiger charge is -2.10. The van der Waals surface area contributed by atoms with Gasteiger partial charge in [0.2, 0.25) is 0 Å². The van der Waals surface area contributed by atoms with Crippen molar-refractivity contribution >= 4 is 0 Å². The fraction of sp³-hybridized carbons (Fsp3) is 0.364. The molecule has 2 nitrogen and oxygen atoms in total. The highest BCUT2D eigenvalue weighted by atomic mass is 19.3. The van der Waals surface area contributed by atoms with Crippen LogP contribution in [0.3, 0.4) is 0 Å². The van der Waals surface area contributed by atoms with E-state index < -0.39 is 6.61 Å². The van der Waals surface area contributed by atoms with Gasteiger partial charge in [0.05, 0.1) is 5.56 Å². The Labute approximate surface area is 87.1 Å². The number of alkyl halides is 2. The lowest BCUT2D eigenvalue weighted by Crippen LogP contribution is -2.04. The SMILES string of the molecule is CC(C)c1ccc(C#N)c(OC(F)F)c1. The summed E-state index contributed by atoms with van der Waals surface area (Å²) >= 11 is 0. The molecule has 15 heavy (non-hydrogen) atoms. The van der Waals surface area contributed by atoms with Crippen molar-refractivity contribution in [2.45, 2.75) is 26.4 Å². The smallest absolute Gasteiger partial charge is 0.387 e. The van der Waals surface area contributed by atoms with Gasteiger partial charge in [-0.1, -0.05) is 19.9 Å². The molecule has 0 aliphatic carbocycles. The highest BCUT2D eigenvalue weighted by molar-refractivity contribution is 5.46. The summed E-state index contributed by atoms with van der Waals surface area (Å²) in [7, 11) is 0. The molecule has 0 atom stereocenters. The summed E-state index contributed by atoms with van der Waals surface area (Å²) in [6, 6.07) is 6.52. The van der Waals surface area contributed by atoms with Gasteiger partial charge in [-0.2, -0.15) is 14.0 Å². The van der Waals surface area contributed by atoms with Crippen LogP contribution in [0.1, 0.15) is 30.9 Å². The normalized spacial score (nSPS) is 10.5. The van der Waals surface area contributed by atoms with E-state index in [1.165, 1.54) is 12.1 Å². The number of nitriles is 1. The molecule has 0 saturated heterocycles. The Bertz CT molecular complexity index is 383. The molecular formula is C11H11F2NO. The van der Waals surface area contributed by atoms with Crippen molar-refractivity contribution in [3.8, 4) is 11.8 Å². The highest BCUT2D eigenvalue weighted by Gasteiger charge is 2.11. The van der Waals surface area contributed by atoms with Crippen LogP contribution in [0.2, 0.25) is 0 Å². The standard InChI is InChI=1S/C11H11F2NO/c1-7(2)8-3-4-9(6-14)10(5-8)15-11(12)13/h3-5,7,11H,1-2H3. The molecule has 0 heterocycles. The molecule has 0 unspecified atom stereocenters. The van der Waals surface area contributed by atoms with Crippen molar-refractivity contribution in [2.75, 3.05) is 0 Å². The van der Waals surface area contributed by atoms with Crippen molar-refractivity contribution < 1.29 is 13.5 Å². The van der Waals surface area contributed by atoms with Crippen molar-refractivity contribution in [3.63, 3.8) is 0 Å². The first kappa shape index (κ1) is 11.4. The second kappa shape index (κ2) is 4.74. The van der Waals surface area contributed by atoms with Gasteiger partial charge in [0.15, 0.2) is 0 Å². The van der Waals surface area contributed by atoms with E-state index in [4.69, 9.17) is 5.26 Å². The molecule has 0 aromatic heterocycles. The quantitative estimate of drug-likeness (QED) is 0.768. The fourth-order valence-corrected chi connectivity index (χ4v) is 1.18. The summed E-state index contributed by atoms with van der Waals surface area (Å²) < 4.78 is 28.3. The minimum Gasteiger partial charge on any atom is -0.433 e. The molecule has 0 aliphatic heterocycles. The third-order valence-corrected chi connectivity index (χ3v) is 2.01. The van der Waals surface area contributed by atoms with Crippen molar-refractivity contribution in [3.05, 3.63) is 29.3 Å². The van der Waals surface area contributed by atoms with Gasteiger partial charge in [0.25, 0.3) is 0 Å². The van der Waals surface area contributed by atoms with Gasteiger partial charge in [0, 0.05) is 0 Å². The Morgan fingerprint density at radius 2 is 2.00 bits per heavy atom. The summed E-state index contributed by atoms with van der Waals surface area (Å²) in [4.78, 5) is 0. The van der Waals surface area contributed by atoms with Gasteiger partial charge in [-0.25, -0.2) is 0 Å². The molecule has 80 valence electrons. The van der Waals surface area contributed by atoms with Crippen LogP contribution in [0.25, 0.3) is 0 Å². The Hall–Kier alpha value is -1.63. The Kier molecular flexibility index (Phi) is 3.62. The minimum absolute atomic E-state index is 0.0568. The number of benzene rings is 1. The lowest BCUT2D eigenvalue weighted by atomic mass is 10.0. The molecule has 1 rings (SSSR count). The van der Waals surface area contributed by atoms with Crippen molar-refractivity contribution in [2.24, 2.45) is 0 Å². The third-order valence-electron chi connectivity index (χ3n) is 2.01. The number of nitrogens with zero attached hydrogens (tertiary/aromatic N) is 1. The fourth-order valence-electron chi connectivity index (χ4n) is 1.18. The average Bonchev–Trinajstić information content (AvgIpc) is 2.16. The molecule has 0 radical (unpaired) electrons. The first-order valence-corrected chi connectivity index (χ1v) is 4.53. The first-order valence-electron chi connectivity index (χ1n) is 4.53. The molecule has 0 aliphatic rings. The summed E-state index contributed by atoms with van der Waals surface area (Å²) in [6.45, 7) is 0.973. The predicted octanol–water partition coefficient (Wildman–Crippen LogP) is 3.28. The molecule has 0 fully saturated rings. The Morgan fingerprint density at radius 1 is 1.33 bits per heavy atom. The molecule has 1 aromatic carbocycles. The van der Waals surface area contributed by atoms with E-state index in [0.29, 0.717) is 0 Å². The molecule has 4 heteroatoms. The van der Waals surface area contributed by atoms with Crippen LogP contribution in [0.4, 0.5) is 8.78 Å². The van der Waals surface area contributed by atoms with Gasteiger partial charge >= 0.3 is 6.61 Å². The molecular weight excluding hydrogens is 200 g/mol. The van der Waals surface area contributed by atoms with E-state index in [9.17, 15) is 8.78 Å². The predicted molar refractivity (Wildman–Crippen MR) is 51.9 cm³/mol. The summed E-state index contributed by atoms with van der Waals surface area (Å²) in [5, 5.41) is 8.69. The average molecular weight is 211 g/mol. The Morgan fingerprint density at radius 3 is 2.47 bits per heavy atom. The summed E-state index contributed by atoms with van der Waals surface area (Å²) in [6.07, 6.45) is 0. The summed E-state index contributed by atoms with van der Waals surface area (Å²) in [5.74, 6) is 0.150. The second-order valence-corrected chi connectivity index (χ2v) is 3.40. The topological polar surface area (TPSA) is 33.0 Å². The summed E-state index contributed by atoms with van der Waals surface area (Å²) in [5.41, 5.74) is 0.990.